The van der Waals surface area contributed by atoms with Gasteiger partial charge >= 0.3 is 5.97 Å². The Morgan fingerprint density at radius 3 is 2.39 bits per heavy atom. The van der Waals surface area contributed by atoms with Crippen molar-refractivity contribution in [3.8, 4) is 0 Å². The number of methoxy groups -OCH3 is 1. The smallest absolute Gasteiger partial charge is 0.337 e. The number of carbonyl (C=O) groups is 1. The van der Waals surface area contributed by atoms with Crippen LogP contribution in [-0.2, 0) is 17.6 Å². The zero-order valence-corrected chi connectivity index (χ0v) is 16.2. The van der Waals surface area contributed by atoms with E-state index in [9.17, 15) is 4.79 Å². The molecule has 0 spiro atoms. The first-order valence-electron chi connectivity index (χ1n) is 9.83. The molecule has 5 nitrogen and oxygen atoms in total. The summed E-state index contributed by atoms with van der Waals surface area (Å²) in [6.45, 7) is 0. The van der Waals surface area contributed by atoms with E-state index >= 15 is 0 Å². The van der Waals surface area contributed by atoms with Crippen molar-refractivity contribution < 1.29 is 9.53 Å². The second-order valence-electron chi connectivity index (χ2n) is 7.84. The number of ether oxygens (including phenoxy) is 1. The molecule has 0 bridgehead atoms. The molecular weight excluding hydrogens is 350 g/mol. The van der Waals surface area contributed by atoms with Crippen molar-refractivity contribution in [1.29, 1.82) is 0 Å². The summed E-state index contributed by atoms with van der Waals surface area (Å²) in [4.78, 5) is 24.2. The molecule has 0 aliphatic heterocycles. The molecule has 0 N–H and O–H groups in total. The van der Waals surface area contributed by atoms with Crippen LogP contribution in [0.5, 0.6) is 0 Å². The van der Waals surface area contributed by atoms with Gasteiger partial charge in [-0.05, 0) is 55.0 Å². The van der Waals surface area contributed by atoms with Gasteiger partial charge in [-0.3, -0.25) is 0 Å². The highest BCUT2D eigenvalue weighted by molar-refractivity contribution is 5.93. The average molecular weight is 373 g/mol. The third-order valence-electron chi connectivity index (χ3n) is 5.96. The summed E-state index contributed by atoms with van der Waals surface area (Å²) in [6.07, 6.45) is 4.40. The van der Waals surface area contributed by atoms with E-state index in [1.807, 2.05) is 6.07 Å². The molecule has 1 heterocycles. The average Bonchev–Trinajstić information content (AvgIpc) is 3.49. The molecule has 2 aliphatic carbocycles. The molecule has 28 heavy (non-hydrogen) atoms. The fourth-order valence-corrected chi connectivity index (χ4v) is 4.22. The number of esters is 1. The number of carbonyl (C=O) groups excluding carboxylic acids is 1. The number of nitrogens with zero attached hydrogens (tertiary/aromatic N) is 3. The standard InChI is InChI=1S/C23H23N3O2/c1-26(18-8-9-18)22-21(17-11-14-5-3-4-6-15(14)12-17)24-19-10-7-16(23(27)28-2)13-20(19)25-22/h3-7,10,13,17-18H,8-9,11-12H2,1-2H3. The summed E-state index contributed by atoms with van der Waals surface area (Å²) in [5.74, 6) is 0.941. The zero-order valence-electron chi connectivity index (χ0n) is 16.2. The molecule has 0 radical (unpaired) electrons. The van der Waals surface area contributed by atoms with Crippen molar-refractivity contribution >= 4 is 22.8 Å². The number of fused-ring (bicyclic) bond motifs is 2. The number of hydrogen-bond donors (Lipinski definition) is 0. The minimum Gasteiger partial charge on any atom is -0.465 e. The van der Waals surface area contributed by atoms with E-state index in [1.165, 1.54) is 31.1 Å². The second kappa shape index (κ2) is 6.59. The van der Waals surface area contributed by atoms with Crippen molar-refractivity contribution in [2.24, 2.45) is 0 Å². The lowest BCUT2D eigenvalue weighted by Crippen LogP contribution is -2.24. The molecule has 1 fully saturated rings. The van der Waals surface area contributed by atoms with Gasteiger partial charge < -0.3 is 9.64 Å². The van der Waals surface area contributed by atoms with Gasteiger partial charge in [-0.15, -0.1) is 0 Å². The van der Waals surface area contributed by atoms with Crippen molar-refractivity contribution in [3.63, 3.8) is 0 Å². The molecule has 3 aromatic rings. The van der Waals surface area contributed by atoms with Crippen LogP contribution in [-0.4, -0.2) is 36.1 Å². The van der Waals surface area contributed by atoms with E-state index in [0.717, 1.165) is 35.4 Å². The van der Waals surface area contributed by atoms with E-state index in [-0.39, 0.29) is 5.97 Å². The number of hydrogen-bond acceptors (Lipinski definition) is 5. The molecule has 0 saturated heterocycles. The molecular formula is C23H23N3O2. The number of aromatic nitrogens is 2. The van der Waals surface area contributed by atoms with Crippen LogP contribution >= 0.6 is 0 Å². The summed E-state index contributed by atoms with van der Waals surface area (Å²) in [5, 5.41) is 0. The molecule has 142 valence electrons. The van der Waals surface area contributed by atoms with Crippen molar-refractivity contribution in [1.82, 2.24) is 9.97 Å². The lowest BCUT2D eigenvalue weighted by Gasteiger charge is -2.23. The maximum Gasteiger partial charge on any atom is 0.337 e. The van der Waals surface area contributed by atoms with E-state index in [0.29, 0.717) is 17.5 Å². The third kappa shape index (κ3) is 2.91. The minimum atomic E-state index is -0.351. The molecule has 5 heteroatoms. The molecule has 1 aromatic heterocycles. The summed E-state index contributed by atoms with van der Waals surface area (Å²) in [6, 6.07) is 14.6. The zero-order chi connectivity index (χ0) is 19.3. The van der Waals surface area contributed by atoms with Gasteiger partial charge in [-0.1, -0.05) is 24.3 Å². The fourth-order valence-electron chi connectivity index (χ4n) is 4.22. The van der Waals surface area contributed by atoms with Crippen molar-refractivity contribution in [2.45, 2.75) is 37.6 Å². The maximum absolute atomic E-state index is 11.9. The maximum atomic E-state index is 11.9. The highest BCUT2D eigenvalue weighted by Gasteiger charge is 2.33. The molecule has 2 aliphatic rings. The Kier molecular flexibility index (Phi) is 4.04. The quantitative estimate of drug-likeness (QED) is 0.649. The van der Waals surface area contributed by atoms with Crippen molar-refractivity contribution in [2.75, 3.05) is 19.1 Å². The Morgan fingerprint density at radius 1 is 1.04 bits per heavy atom. The van der Waals surface area contributed by atoms with Crippen LogP contribution in [0.1, 0.15) is 45.9 Å². The predicted molar refractivity (Wildman–Crippen MR) is 109 cm³/mol. The van der Waals surface area contributed by atoms with E-state index in [2.05, 4.69) is 36.2 Å². The Hall–Kier alpha value is -2.95. The molecule has 1 saturated carbocycles. The van der Waals surface area contributed by atoms with Crippen LogP contribution in [0.2, 0.25) is 0 Å². The van der Waals surface area contributed by atoms with Gasteiger partial charge in [-0.25, -0.2) is 14.8 Å². The van der Waals surface area contributed by atoms with Crippen LogP contribution in [0, 0.1) is 0 Å². The Bertz CT molecular complexity index is 1050. The summed E-state index contributed by atoms with van der Waals surface area (Å²) in [5.41, 5.74) is 5.97. The van der Waals surface area contributed by atoms with Gasteiger partial charge in [0.15, 0.2) is 5.82 Å². The lowest BCUT2D eigenvalue weighted by molar-refractivity contribution is 0.0601. The summed E-state index contributed by atoms with van der Waals surface area (Å²) in [7, 11) is 3.51. The number of rotatable bonds is 4. The van der Waals surface area contributed by atoms with Crippen LogP contribution < -0.4 is 4.90 Å². The molecule has 2 aromatic carbocycles. The van der Waals surface area contributed by atoms with Gasteiger partial charge in [0, 0.05) is 19.0 Å². The first kappa shape index (κ1) is 17.2. The Labute approximate surface area is 164 Å². The SMILES string of the molecule is COC(=O)c1ccc2nc(C3Cc4ccccc4C3)c(N(C)C3CC3)nc2c1. The third-order valence-corrected chi connectivity index (χ3v) is 5.96. The van der Waals surface area contributed by atoms with Crippen LogP contribution in [0.15, 0.2) is 42.5 Å². The van der Waals surface area contributed by atoms with Crippen molar-refractivity contribution in [3.05, 3.63) is 64.8 Å². The van der Waals surface area contributed by atoms with Gasteiger partial charge in [0.05, 0.1) is 29.4 Å². The Balaban J connectivity index is 1.61. The highest BCUT2D eigenvalue weighted by Crippen LogP contribution is 2.39. The fraction of sp³-hybridized carbons (Fsp3) is 0.348. The molecule has 0 unspecified atom stereocenters. The van der Waals surface area contributed by atoms with Gasteiger partial charge in [0.2, 0.25) is 0 Å². The lowest BCUT2D eigenvalue weighted by atomic mass is 10.0. The van der Waals surface area contributed by atoms with Gasteiger partial charge in [0.1, 0.15) is 0 Å². The summed E-state index contributed by atoms with van der Waals surface area (Å²) < 4.78 is 4.85. The summed E-state index contributed by atoms with van der Waals surface area (Å²) >= 11 is 0. The van der Waals surface area contributed by atoms with Crippen LogP contribution in [0.25, 0.3) is 11.0 Å². The topological polar surface area (TPSA) is 55.3 Å². The monoisotopic (exact) mass is 373 g/mol. The van der Waals surface area contributed by atoms with Crippen LogP contribution in [0.3, 0.4) is 0 Å². The molecule has 5 rings (SSSR count). The first-order valence-corrected chi connectivity index (χ1v) is 9.83. The Morgan fingerprint density at radius 2 is 1.75 bits per heavy atom. The highest BCUT2D eigenvalue weighted by atomic mass is 16.5. The van der Waals surface area contributed by atoms with E-state index < -0.39 is 0 Å². The molecule has 0 amide bonds. The van der Waals surface area contributed by atoms with E-state index in [4.69, 9.17) is 14.7 Å². The normalized spacial score (nSPS) is 16.2. The number of anilines is 1. The van der Waals surface area contributed by atoms with Gasteiger partial charge in [-0.2, -0.15) is 0 Å². The van der Waals surface area contributed by atoms with Gasteiger partial charge in [0.25, 0.3) is 0 Å². The number of benzene rings is 2. The first-order chi connectivity index (χ1) is 13.6. The minimum absolute atomic E-state index is 0.339. The van der Waals surface area contributed by atoms with E-state index in [1.54, 1.807) is 12.1 Å². The second-order valence-corrected chi connectivity index (χ2v) is 7.84. The largest absolute Gasteiger partial charge is 0.465 e. The molecule has 0 atom stereocenters. The van der Waals surface area contributed by atoms with Crippen LogP contribution in [0.4, 0.5) is 5.82 Å². The predicted octanol–water partition coefficient (Wildman–Crippen LogP) is 3.90.